The van der Waals surface area contributed by atoms with Crippen LogP contribution in [0.3, 0.4) is 0 Å². The predicted octanol–water partition coefficient (Wildman–Crippen LogP) is 0.930. The van der Waals surface area contributed by atoms with Crippen molar-refractivity contribution in [2.45, 2.75) is 32.0 Å². The second-order valence-electron chi connectivity index (χ2n) is 3.82. The third-order valence-electron chi connectivity index (χ3n) is 2.62. The van der Waals surface area contributed by atoms with E-state index in [0.29, 0.717) is 0 Å². The number of rotatable bonds is 4. The van der Waals surface area contributed by atoms with Crippen LogP contribution < -0.4 is 0 Å². The van der Waals surface area contributed by atoms with Crippen LogP contribution in [0, 0.1) is 0 Å². The van der Waals surface area contributed by atoms with Crippen molar-refractivity contribution < 1.29 is 15.0 Å². The van der Waals surface area contributed by atoms with E-state index in [4.69, 9.17) is 0 Å². The van der Waals surface area contributed by atoms with Gasteiger partial charge in [-0.3, -0.25) is 4.79 Å². The second-order valence-corrected chi connectivity index (χ2v) is 3.82. The summed E-state index contributed by atoms with van der Waals surface area (Å²) in [5.41, 5.74) is -0.849. The molecule has 0 heterocycles. The summed E-state index contributed by atoms with van der Waals surface area (Å²) in [5.74, 6) is -0.415. The Hall–Kier alpha value is -1.19. The minimum atomic E-state index is -1.68. The summed E-state index contributed by atoms with van der Waals surface area (Å²) in [6.45, 7) is 2.71. The Morgan fingerprint density at radius 3 is 2.33 bits per heavy atom. The molecular weight excluding hydrogens is 192 g/mol. The number of aliphatic hydroxyl groups is 2. The molecule has 2 N–H and O–H groups in total. The van der Waals surface area contributed by atoms with Crippen LogP contribution in [0.4, 0.5) is 0 Å². The second kappa shape index (κ2) is 4.55. The minimum absolute atomic E-state index is 0.140. The van der Waals surface area contributed by atoms with E-state index in [9.17, 15) is 15.0 Å². The summed E-state index contributed by atoms with van der Waals surface area (Å²) >= 11 is 0. The van der Waals surface area contributed by atoms with Gasteiger partial charge in [-0.1, -0.05) is 30.3 Å². The quantitative estimate of drug-likeness (QED) is 0.774. The van der Waals surface area contributed by atoms with Crippen molar-refractivity contribution in [2.75, 3.05) is 0 Å². The molecule has 0 aliphatic heterocycles. The summed E-state index contributed by atoms with van der Waals surface area (Å²) in [4.78, 5) is 11.3. The van der Waals surface area contributed by atoms with Crippen molar-refractivity contribution in [1.82, 2.24) is 0 Å². The highest BCUT2D eigenvalue weighted by Crippen LogP contribution is 2.18. The molecule has 82 valence electrons. The maximum absolute atomic E-state index is 11.3. The van der Waals surface area contributed by atoms with Crippen LogP contribution >= 0.6 is 0 Å². The number of ketones is 1. The van der Waals surface area contributed by atoms with Gasteiger partial charge in [0.25, 0.3) is 0 Å². The van der Waals surface area contributed by atoms with Crippen molar-refractivity contribution in [2.24, 2.45) is 0 Å². The zero-order chi connectivity index (χ0) is 11.5. The van der Waals surface area contributed by atoms with E-state index < -0.39 is 17.5 Å². The monoisotopic (exact) mass is 208 g/mol. The molecule has 15 heavy (non-hydrogen) atoms. The standard InChI is InChI=1S/C12H16O3/c1-9(13)12(15,10(2)14)8-11-6-4-3-5-7-11/h3-7,9,13,15H,8H2,1-2H3. The molecule has 3 nitrogen and oxygen atoms in total. The number of Topliss-reactive ketones (excluding diaryl/α,β-unsaturated/α-hetero) is 1. The maximum Gasteiger partial charge on any atom is 0.164 e. The van der Waals surface area contributed by atoms with Crippen molar-refractivity contribution in [3.63, 3.8) is 0 Å². The molecule has 0 radical (unpaired) electrons. The first-order valence-electron chi connectivity index (χ1n) is 4.92. The molecular formula is C12H16O3. The molecule has 2 atom stereocenters. The molecule has 0 saturated carbocycles. The summed E-state index contributed by atoms with van der Waals surface area (Å²) in [6, 6.07) is 9.15. The Bertz CT molecular complexity index is 332. The van der Waals surface area contributed by atoms with E-state index >= 15 is 0 Å². The highest BCUT2D eigenvalue weighted by atomic mass is 16.3. The minimum Gasteiger partial charge on any atom is -0.390 e. The van der Waals surface area contributed by atoms with Gasteiger partial charge in [0.1, 0.15) is 0 Å². The zero-order valence-corrected chi connectivity index (χ0v) is 8.97. The van der Waals surface area contributed by atoms with Gasteiger partial charge in [-0.2, -0.15) is 0 Å². The smallest absolute Gasteiger partial charge is 0.164 e. The highest BCUT2D eigenvalue weighted by molar-refractivity contribution is 5.85. The third-order valence-corrected chi connectivity index (χ3v) is 2.62. The zero-order valence-electron chi connectivity index (χ0n) is 8.97. The van der Waals surface area contributed by atoms with E-state index in [0.717, 1.165) is 5.56 Å². The molecule has 1 rings (SSSR count). The third kappa shape index (κ3) is 2.64. The van der Waals surface area contributed by atoms with Gasteiger partial charge in [0.15, 0.2) is 11.4 Å². The van der Waals surface area contributed by atoms with Crippen molar-refractivity contribution in [1.29, 1.82) is 0 Å². The molecule has 0 aliphatic rings. The SMILES string of the molecule is CC(=O)C(O)(Cc1ccccc1)C(C)O. The van der Waals surface area contributed by atoms with Gasteiger partial charge >= 0.3 is 0 Å². The predicted molar refractivity (Wildman–Crippen MR) is 57.5 cm³/mol. The van der Waals surface area contributed by atoms with Crippen LogP contribution in [-0.2, 0) is 11.2 Å². The fourth-order valence-corrected chi connectivity index (χ4v) is 1.47. The number of benzene rings is 1. The number of carbonyl (C=O) groups excluding carboxylic acids is 1. The Labute approximate surface area is 89.4 Å². The van der Waals surface area contributed by atoms with Crippen molar-refractivity contribution >= 4 is 5.78 Å². The summed E-state index contributed by atoms with van der Waals surface area (Å²) in [5, 5.41) is 19.5. The average molecular weight is 208 g/mol. The molecule has 0 saturated heterocycles. The molecule has 0 spiro atoms. The Kier molecular flexibility index (Phi) is 3.61. The van der Waals surface area contributed by atoms with E-state index in [1.165, 1.54) is 13.8 Å². The normalized spacial score (nSPS) is 16.8. The van der Waals surface area contributed by atoms with E-state index in [2.05, 4.69) is 0 Å². The fraction of sp³-hybridized carbons (Fsp3) is 0.417. The van der Waals surface area contributed by atoms with Crippen LogP contribution in [-0.4, -0.2) is 27.7 Å². The van der Waals surface area contributed by atoms with Gasteiger partial charge in [0, 0.05) is 6.42 Å². The Morgan fingerprint density at radius 2 is 1.93 bits per heavy atom. The Balaban J connectivity index is 2.90. The topological polar surface area (TPSA) is 57.5 Å². The van der Waals surface area contributed by atoms with Gasteiger partial charge in [-0.15, -0.1) is 0 Å². The first-order chi connectivity index (χ1) is 6.97. The molecule has 0 fully saturated rings. The van der Waals surface area contributed by atoms with Gasteiger partial charge in [0.05, 0.1) is 6.10 Å². The lowest BCUT2D eigenvalue weighted by molar-refractivity contribution is -0.146. The molecule has 0 amide bonds. The number of hydrogen-bond acceptors (Lipinski definition) is 3. The van der Waals surface area contributed by atoms with Gasteiger partial charge in [0.2, 0.25) is 0 Å². The van der Waals surface area contributed by atoms with Crippen LogP contribution in [0.2, 0.25) is 0 Å². The molecule has 0 bridgehead atoms. The first-order valence-corrected chi connectivity index (χ1v) is 4.92. The van der Waals surface area contributed by atoms with Gasteiger partial charge in [-0.25, -0.2) is 0 Å². The van der Waals surface area contributed by atoms with Gasteiger partial charge in [-0.05, 0) is 19.4 Å². The molecule has 0 aromatic heterocycles. The number of hydrogen-bond donors (Lipinski definition) is 2. The van der Waals surface area contributed by atoms with Crippen molar-refractivity contribution in [3.8, 4) is 0 Å². The summed E-state index contributed by atoms with van der Waals surface area (Å²) in [7, 11) is 0. The van der Waals surface area contributed by atoms with Crippen LogP contribution in [0.5, 0.6) is 0 Å². The molecule has 2 unspecified atom stereocenters. The lowest BCUT2D eigenvalue weighted by Crippen LogP contribution is -2.48. The van der Waals surface area contributed by atoms with E-state index in [1.54, 1.807) is 0 Å². The largest absolute Gasteiger partial charge is 0.390 e. The molecule has 0 aliphatic carbocycles. The van der Waals surface area contributed by atoms with E-state index in [1.807, 2.05) is 30.3 Å². The summed E-state index contributed by atoms with van der Waals surface area (Å²) in [6.07, 6.45) is -0.934. The number of aliphatic hydroxyl groups excluding tert-OH is 1. The highest BCUT2D eigenvalue weighted by Gasteiger charge is 2.37. The first kappa shape index (κ1) is 11.9. The van der Waals surface area contributed by atoms with Gasteiger partial charge < -0.3 is 10.2 Å². The molecule has 3 heteroatoms. The summed E-state index contributed by atoms with van der Waals surface area (Å²) < 4.78 is 0. The van der Waals surface area contributed by atoms with E-state index in [-0.39, 0.29) is 6.42 Å². The van der Waals surface area contributed by atoms with Crippen molar-refractivity contribution in [3.05, 3.63) is 35.9 Å². The Morgan fingerprint density at radius 1 is 1.40 bits per heavy atom. The average Bonchev–Trinajstić information content (AvgIpc) is 2.18. The lowest BCUT2D eigenvalue weighted by Gasteiger charge is -2.28. The maximum atomic E-state index is 11.3. The lowest BCUT2D eigenvalue weighted by atomic mass is 9.86. The number of carbonyl (C=O) groups is 1. The van der Waals surface area contributed by atoms with Crippen LogP contribution in [0.25, 0.3) is 0 Å². The van der Waals surface area contributed by atoms with Crippen LogP contribution in [0.15, 0.2) is 30.3 Å². The van der Waals surface area contributed by atoms with Crippen LogP contribution in [0.1, 0.15) is 19.4 Å². The fourth-order valence-electron chi connectivity index (χ4n) is 1.47. The molecule has 1 aromatic rings. The molecule has 1 aromatic carbocycles.